The third-order valence-electron chi connectivity index (χ3n) is 1.49. The Morgan fingerprint density at radius 1 is 1.62 bits per heavy atom. The minimum absolute atomic E-state index is 0.0870. The Bertz CT molecular complexity index is 325. The van der Waals surface area contributed by atoms with E-state index in [0.29, 0.717) is 0 Å². The second-order valence-corrected chi connectivity index (χ2v) is 2.46. The van der Waals surface area contributed by atoms with Crippen LogP contribution < -0.4 is 5.46 Å². The Morgan fingerprint density at radius 2 is 2.31 bits per heavy atom. The number of hydrogen-bond donors (Lipinski definition) is 0. The van der Waals surface area contributed by atoms with Gasteiger partial charge >= 0.3 is 5.97 Å². The maximum Gasteiger partial charge on any atom is 0.341 e. The van der Waals surface area contributed by atoms with E-state index >= 15 is 0 Å². The van der Waals surface area contributed by atoms with Crippen molar-refractivity contribution in [1.29, 1.82) is 0 Å². The summed E-state index contributed by atoms with van der Waals surface area (Å²) in [6, 6.07) is 3.85. The zero-order chi connectivity index (χ0) is 9.84. The minimum atomic E-state index is -0.667. The minimum Gasteiger partial charge on any atom is -0.462 e. The second kappa shape index (κ2) is 4.07. The molecular weight excluding hydrogens is 170 g/mol. The van der Waals surface area contributed by atoms with Crippen LogP contribution in [0.2, 0.25) is 0 Å². The van der Waals surface area contributed by atoms with Crippen molar-refractivity contribution in [1.82, 2.24) is 0 Å². The molecule has 0 saturated heterocycles. The van der Waals surface area contributed by atoms with Crippen molar-refractivity contribution in [2.45, 2.75) is 6.92 Å². The first-order valence-corrected chi connectivity index (χ1v) is 3.87. The van der Waals surface area contributed by atoms with Crippen molar-refractivity contribution in [3.05, 3.63) is 29.6 Å². The standard InChI is InChI=1S/C9H8BFO2/c1-2-13-9(12)7-4-3-6(10)5-8(7)11/h3-5H,2H2,1H3. The molecule has 0 heterocycles. The van der Waals surface area contributed by atoms with Crippen LogP contribution in [0.5, 0.6) is 0 Å². The van der Waals surface area contributed by atoms with E-state index in [1.807, 2.05) is 0 Å². The molecule has 0 fully saturated rings. The Hall–Kier alpha value is -1.32. The molecule has 0 aliphatic heterocycles. The van der Waals surface area contributed by atoms with E-state index in [-0.39, 0.29) is 17.6 Å². The lowest BCUT2D eigenvalue weighted by Crippen LogP contribution is -2.11. The maximum atomic E-state index is 13.0. The quantitative estimate of drug-likeness (QED) is 0.494. The van der Waals surface area contributed by atoms with Crippen molar-refractivity contribution < 1.29 is 13.9 Å². The van der Waals surface area contributed by atoms with Crippen molar-refractivity contribution >= 4 is 19.3 Å². The molecule has 0 unspecified atom stereocenters. The highest BCUT2D eigenvalue weighted by Crippen LogP contribution is 2.06. The van der Waals surface area contributed by atoms with Gasteiger partial charge in [-0.1, -0.05) is 11.5 Å². The zero-order valence-electron chi connectivity index (χ0n) is 7.21. The Balaban J connectivity index is 2.95. The highest BCUT2D eigenvalue weighted by atomic mass is 19.1. The highest BCUT2D eigenvalue weighted by molar-refractivity contribution is 6.32. The third-order valence-corrected chi connectivity index (χ3v) is 1.49. The van der Waals surface area contributed by atoms with Crippen LogP contribution in [-0.2, 0) is 4.74 Å². The second-order valence-electron chi connectivity index (χ2n) is 2.46. The van der Waals surface area contributed by atoms with Gasteiger partial charge in [0.1, 0.15) is 13.7 Å². The van der Waals surface area contributed by atoms with Crippen molar-refractivity contribution in [3.63, 3.8) is 0 Å². The SMILES string of the molecule is [B]c1ccc(C(=O)OCC)c(F)c1. The maximum absolute atomic E-state index is 13.0. The van der Waals surface area contributed by atoms with E-state index in [1.54, 1.807) is 6.92 Å². The first-order chi connectivity index (χ1) is 6.15. The van der Waals surface area contributed by atoms with Crippen molar-refractivity contribution in [2.75, 3.05) is 6.61 Å². The van der Waals surface area contributed by atoms with Crippen molar-refractivity contribution in [2.24, 2.45) is 0 Å². The average molecular weight is 178 g/mol. The van der Waals surface area contributed by atoms with Crippen LogP contribution in [0.1, 0.15) is 17.3 Å². The smallest absolute Gasteiger partial charge is 0.341 e. The molecule has 0 bridgehead atoms. The molecule has 0 N–H and O–H groups in total. The summed E-state index contributed by atoms with van der Waals surface area (Å²) in [5.74, 6) is -1.32. The normalized spacial score (nSPS) is 9.69. The predicted octanol–water partition coefficient (Wildman–Crippen LogP) is 0.796. The van der Waals surface area contributed by atoms with Gasteiger partial charge < -0.3 is 4.74 Å². The molecule has 0 aliphatic rings. The molecule has 4 heteroatoms. The molecule has 13 heavy (non-hydrogen) atoms. The van der Waals surface area contributed by atoms with E-state index in [4.69, 9.17) is 7.85 Å². The van der Waals surface area contributed by atoms with Crippen LogP contribution in [0.3, 0.4) is 0 Å². The van der Waals surface area contributed by atoms with Gasteiger partial charge in [-0.2, -0.15) is 0 Å². The Kier molecular flexibility index (Phi) is 3.06. The summed E-state index contributed by atoms with van der Waals surface area (Å²) in [6.45, 7) is 1.88. The summed E-state index contributed by atoms with van der Waals surface area (Å²) in [5, 5.41) is 0. The molecule has 1 rings (SSSR count). The summed E-state index contributed by atoms with van der Waals surface area (Å²) < 4.78 is 17.7. The Labute approximate surface area is 77.1 Å². The fourth-order valence-corrected chi connectivity index (χ4v) is 0.906. The van der Waals surface area contributed by atoms with Gasteiger partial charge in [0.05, 0.1) is 12.2 Å². The summed E-state index contributed by atoms with van der Waals surface area (Å²) in [7, 11) is 5.31. The largest absolute Gasteiger partial charge is 0.462 e. The summed E-state index contributed by atoms with van der Waals surface area (Å²) in [4.78, 5) is 11.1. The number of ether oxygens (including phenoxy) is 1. The van der Waals surface area contributed by atoms with Gasteiger partial charge in [0, 0.05) is 0 Å². The van der Waals surface area contributed by atoms with Gasteiger partial charge in [0.2, 0.25) is 0 Å². The van der Waals surface area contributed by atoms with Gasteiger partial charge in [-0.3, -0.25) is 0 Å². The van der Waals surface area contributed by atoms with Crippen LogP contribution in [0.25, 0.3) is 0 Å². The molecule has 0 amide bonds. The zero-order valence-corrected chi connectivity index (χ0v) is 7.21. The number of hydrogen-bond acceptors (Lipinski definition) is 2. The Morgan fingerprint density at radius 3 is 2.85 bits per heavy atom. The molecule has 2 nitrogen and oxygen atoms in total. The number of halogens is 1. The molecule has 0 spiro atoms. The molecule has 0 aromatic heterocycles. The molecule has 0 saturated carbocycles. The lowest BCUT2D eigenvalue weighted by molar-refractivity contribution is 0.0521. The number of carbonyl (C=O) groups is 1. The van der Waals surface area contributed by atoms with Gasteiger partial charge in [-0.15, -0.1) is 0 Å². The van der Waals surface area contributed by atoms with Crippen LogP contribution in [0.15, 0.2) is 18.2 Å². The van der Waals surface area contributed by atoms with Gasteiger partial charge in [0.25, 0.3) is 0 Å². The summed E-state index contributed by atoms with van der Waals surface area (Å²) in [6.07, 6.45) is 0. The molecule has 1 aromatic carbocycles. The molecule has 0 aliphatic carbocycles. The number of benzene rings is 1. The lowest BCUT2D eigenvalue weighted by Gasteiger charge is -2.03. The first-order valence-electron chi connectivity index (χ1n) is 3.87. The van der Waals surface area contributed by atoms with Gasteiger partial charge in [0.15, 0.2) is 0 Å². The number of esters is 1. The molecule has 2 radical (unpaired) electrons. The highest BCUT2D eigenvalue weighted by Gasteiger charge is 2.11. The van der Waals surface area contributed by atoms with Crippen LogP contribution >= 0.6 is 0 Å². The van der Waals surface area contributed by atoms with Crippen LogP contribution in [0, 0.1) is 5.82 Å². The average Bonchev–Trinajstić information content (AvgIpc) is 2.04. The number of carbonyl (C=O) groups excluding carboxylic acids is 1. The molecule has 0 atom stereocenters. The van der Waals surface area contributed by atoms with E-state index in [2.05, 4.69) is 4.74 Å². The fourth-order valence-electron chi connectivity index (χ4n) is 0.906. The van der Waals surface area contributed by atoms with Crippen LogP contribution in [0.4, 0.5) is 4.39 Å². The van der Waals surface area contributed by atoms with E-state index in [9.17, 15) is 9.18 Å². The summed E-state index contributed by atoms with van der Waals surface area (Å²) >= 11 is 0. The monoisotopic (exact) mass is 178 g/mol. The summed E-state index contributed by atoms with van der Waals surface area (Å²) in [5.41, 5.74) is 0.196. The first kappa shape index (κ1) is 9.77. The lowest BCUT2D eigenvalue weighted by atomic mass is 9.95. The van der Waals surface area contributed by atoms with E-state index in [0.717, 1.165) is 6.07 Å². The van der Waals surface area contributed by atoms with E-state index < -0.39 is 11.8 Å². The van der Waals surface area contributed by atoms with Gasteiger partial charge in [-0.25, -0.2) is 9.18 Å². The molecular formula is C9H8BFO2. The predicted molar refractivity (Wildman–Crippen MR) is 47.7 cm³/mol. The third kappa shape index (κ3) is 2.31. The topological polar surface area (TPSA) is 26.3 Å². The molecule has 1 aromatic rings. The fraction of sp³-hybridized carbons (Fsp3) is 0.222. The van der Waals surface area contributed by atoms with E-state index in [1.165, 1.54) is 12.1 Å². The van der Waals surface area contributed by atoms with Gasteiger partial charge in [-0.05, 0) is 19.1 Å². The molecule has 66 valence electrons. The van der Waals surface area contributed by atoms with Crippen molar-refractivity contribution in [3.8, 4) is 0 Å². The van der Waals surface area contributed by atoms with Crippen LogP contribution in [-0.4, -0.2) is 20.4 Å². The number of rotatable bonds is 2.